The van der Waals surface area contributed by atoms with E-state index in [1.165, 1.54) is 9.75 Å². The molecule has 114 valence electrons. The number of thiophene rings is 1. The monoisotopic (exact) mass is 325 g/mol. The SMILES string of the molecule is CCc1ccc(C(C)Nc2cc(OC)c(OC)cc2Cl)s1. The summed E-state index contributed by atoms with van der Waals surface area (Å²) >= 11 is 8.13. The van der Waals surface area contributed by atoms with Crippen LogP contribution in [0.15, 0.2) is 24.3 Å². The van der Waals surface area contributed by atoms with Crippen LogP contribution in [0.2, 0.25) is 5.02 Å². The molecule has 3 nitrogen and oxygen atoms in total. The third-order valence-electron chi connectivity index (χ3n) is 3.30. The van der Waals surface area contributed by atoms with Crippen LogP contribution in [0.3, 0.4) is 0 Å². The van der Waals surface area contributed by atoms with Crippen molar-refractivity contribution in [2.24, 2.45) is 0 Å². The van der Waals surface area contributed by atoms with Gasteiger partial charge < -0.3 is 14.8 Å². The number of halogens is 1. The highest BCUT2D eigenvalue weighted by Crippen LogP contribution is 2.38. The van der Waals surface area contributed by atoms with Crippen LogP contribution >= 0.6 is 22.9 Å². The number of anilines is 1. The summed E-state index contributed by atoms with van der Waals surface area (Å²) in [6.07, 6.45) is 1.06. The van der Waals surface area contributed by atoms with Crippen molar-refractivity contribution in [3.8, 4) is 11.5 Å². The first kappa shape index (κ1) is 16.0. The number of nitrogens with one attached hydrogen (secondary N) is 1. The molecule has 0 bridgehead atoms. The van der Waals surface area contributed by atoms with Crippen molar-refractivity contribution in [1.29, 1.82) is 0 Å². The smallest absolute Gasteiger partial charge is 0.162 e. The van der Waals surface area contributed by atoms with E-state index in [1.54, 1.807) is 20.3 Å². The van der Waals surface area contributed by atoms with E-state index in [4.69, 9.17) is 21.1 Å². The van der Waals surface area contributed by atoms with Gasteiger partial charge in [-0.15, -0.1) is 11.3 Å². The number of rotatable bonds is 6. The van der Waals surface area contributed by atoms with E-state index in [0.29, 0.717) is 16.5 Å². The maximum atomic E-state index is 6.31. The average molecular weight is 326 g/mol. The van der Waals surface area contributed by atoms with Gasteiger partial charge in [-0.25, -0.2) is 0 Å². The predicted octanol–water partition coefficient (Wildman–Crippen LogP) is 5.15. The molecule has 1 aromatic carbocycles. The number of hydrogen-bond donors (Lipinski definition) is 1. The molecule has 1 unspecified atom stereocenters. The molecular formula is C16H20ClNO2S. The molecule has 0 saturated heterocycles. The maximum absolute atomic E-state index is 6.31. The molecule has 1 aromatic heterocycles. The Morgan fingerprint density at radius 3 is 2.43 bits per heavy atom. The molecule has 0 saturated carbocycles. The van der Waals surface area contributed by atoms with Gasteiger partial charge in [-0.05, 0) is 25.5 Å². The molecule has 0 spiro atoms. The van der Waals surface area contributed by atoms with Crippen LogP contribution in [0.25, 0.3) is 0 Å². The Bertz CT molecular complexity index is 612. The lowest BCUT2D eigenvalue weighted by molar-refractivity contribution is 0.355. The number of aryl methyl sites for hydroxylation is 1. The number of hydrogen-bond acceptors (Lipinski definition) is 4. The lowest BCUT2D eigenvalue weighted by Gasteiger charge is -2.17. The molecule has 2 rings (SSSR count). The van der Waals surface area contributed by atoms with Crippen molar-refractivity contribution in [3.63, 3.8) is 0 Å². The normalized spacial score (nSPS) is 12.0. The molecule has 1 heterocycles. The Hall–Kier alpha value is -1.39. The molecule has 0 radical (unpaired) electrons. The van der Waals surface area contributed by atoms with Gasteiger partial charge in [0.2, 0.25) is 0 Å². The first-order valence-corrected chi connectivity index (χ1v) is 8.05. The fourth-order valence-corrected chi connectivity index (χ4v) is 3.25. The van der Waals surface area contributed by atoms with E-state index in [2.05, 4.69) is 31.3 Å². The average Bonchev–Trinajstić information content (AvgIpc) is 2.97. The second kappa shape index (κ2) is 7.05. The largest absolute Gasteiger partial charge is 0.493 e. The van der Waals surface area contributed by atoms with Gasteiger partial charge in [-0.1, -0.05) is 18.5 Å². The molecule has 2 aromatic rings. The van der Waals surface area contributed by atoms with E-state index in [1.807, 2.05) is 17.4 Å². The van der Waals surface area contributed by atoms with Crippen LogP contribution in [0.4, 0.5) is 5.69 Å². The van der Waals surface area contributed by atoms with Gasteiger partial charge in [0.05, 0.1) is 31.0 Å². The molecule has 21 heavy (non-hydrogen) atoms. The minimum absolute atomic E-state index is 0.186. The minimum Gasteiger partial charge on any atom is -0.493 e. The molecule has 0 aliphatic carbocycles. The van der Waals surface area contributed by atoms with Crippen LogP contribution in [0, 0.1) is 0 Å². The fraction of sp³-hybridized carbons (Fsp3) is 0.375. The van der Waals surface area contributed by atoms with E-state index >= 15 is 0 Å². The standard InChI is InChI=1S/C16H20ClNO2S/c1-5-11-6-7-16(21-11)10(2)18-13-9-15(20-4)14(19-3)8-12(13)17/h6-10,18H,5H2,1-4H3. The van der Waals surface area contributed by atoms with Crippen LogP contribution in [-0.2, 0) is 6.42 Å². The van der Waals surface area contributed by atoms with E-state index < -0.39 is 0 Å². The van der Waals surface area contributed by atoms with Crippen molar-refractivity contribution in [2.75, 3.05) is 19.5 Å². The number of benzene rings is 1. The molecule has 1 atom stereocenters. The van der Waals surface area contributed by atoms with Crippen molar-refractivity contribution < 1.29 is 9.47 Å². The first-order valence-electron chi connectivity index (χ1n) is 6.85. The van der Waals surface area contributed by atoms with E-state index in [0.717, 1.165) is 12.1 Å². The summed E-state index contributed by atoms with van der Waals surface area (Å²) in [5.74, 6) is 1.29. The topological polar surface area (TPSA) is 30.5 Å². The molecule has 1 N–H and O–H groups in total. The molecular weight excluding hydrogens is 306 g/mol. The van der Waals surface area contributed by atoms with Gasteiger partial charge in [0.25, 0.3) is 0 Å². The zero-order chi connectivity index (χ0) is 15.4. The van der Waals surface area contributed by atoms with Crippen LogP contribution in [0.1, 0.15) is 29.6 Å². The van der Waals surface area contributed by atoms with Gasteiger partial charge in [0.1, 0.15) is 0 Å². The Labute approximate surface area is 134 Å². The minimum atomic E-state index is 0.186. The zero-order valence-corrected chi connectivity index (χ0v) is 14.3. The zero-order valence-electron chi connectivity index (χ0n) is 12.7. The Kier molecular flexibility index (Phi) is 5.37. The molecule has 0 amide bonds. The van der Waals surface area contributed by atoms with Gasteiger partial charge in [-0.2, -0.15) is 0 Å². The van der Waals surface area contributed by atoms with Crippen LogP contribution in [-0.4, -0.2) is 14.2 Å². The Balaban J connectivity index is 2.22. The van der Waals surface area contributed by atoms with Gasteiger partial charge >= 0.3 is 0 Å². The van der Waals surface area contributed by atoms with Crippen LogP contribution < -0.4 is 14.8 Å². The third-order valence-corrected chi connectivity index (χ3v) is 5.03. The van der Waals surface area contributed by atoms with Crippen molar-refractivity contribution in [3.05, 3.63) is 39.0 Å². The highest BCUT2D eigenvalue weighted by molar-refractivity contribution is 7.12. The highest BCUT2D eigenvalue weighted by Gasteiger charge is 2.14. The quantitative estimate of drug-likeness (QED) is 0.796. The Morgan fingerprint density at radius 2 is 1.86 bits per heavy atom. The second-order valence-electron chi connectivity index (χ2n) is 4.71. The summed E-state index contributed by atoms with van der Waals surface area (Å²) in [7, 11) is 3.22. The lowest BCUT2D eigenvalue weighted by atomic mass is 10.2. The highest BCUT2D eigenvalue weighted by atomic mass is 35.5. The summed E-state index contributed by atoms with van der Waals surface area (Å²) in [6, 6.07) is 8.16. The lowest BCUT2D eigenvalue weighted by Crippen LogP contribution is -2.05. The van der Waals surface area contributed by atoms with E-state index in [-0.39, 0.29) is 6.04 Å². The van der Waals surface area contributed by atoms with Crippen molar-refractivity contribution in [1.82, 2.24) is 0 Å². The number of methoxy groups -OCH3 is 2. The maximum Gasteiger partial charge on any atom is 0.162 e. The molecule has 0 aliphatic heterocycles. The summed E-state index contributed by atoms with van der Waals surface area (Å²) in [6.45, 7) is 4.29. The van der Waals surface area contributed by atoms with Gasteiger partial charge in [0, 0.05) is 21.9 Å². The van der Waals surface area contributed by atoms with Crippen LogP contribution in [0.5, 0.6) is 11.5 Å². The predicted molar refractivity (Wildman–Crippen MR) is 90.3 cm³/mol. The summed E-state index contributed by atoms with van der Waals surface area (Å²) < 4.78 is 10.6. The summed E-state index contributed by atoms with van der Waals surface area (Å²) in [5, 5.41) is 4.05. The van der Waals surface area contributed by atoms with Crippen molar-refractivity contribution in [2.45, 2.75) is 26.3 Å². The van der Waals surface area contributed by atoms with Crippen molar-refractivity contribution >= 4 is 28.6 Å². The van der Waals surface area contributed by atoms with E-state index in [9.17, 15) is 0 Å². The molecule has 5 heteroatoms. The van der Waals surface area contributed by atoms with Gasteiger partial charge in [-0.3, -0.25) is 0 Å². The Morgan fingerprint density at radius 1 is 1.19 bits per heavy atom. The summed E-state index contributed by atoms with van der Waals surface area (Å²) in [5.41, 5.74) is 0.841. The third kappa shape index (κ3) is 3.63. The fourth-order valence-electron chi connectivity index (χ4n) is 2.09. The first-order chi connectivity index (χ1) is 10.1. The second-order valence-corrected chi connectivity index (χ2v) is 6.32. The summed E-state index contributed by atoms with van der Waals surface area (Å²) in [4.78, 5) is 2.68. The number of ether oxygens (including phenoxy) is 2. The molecule has 0 fully saturated rings. The molecule has 0 aliphatic rings. The van der Waals surface area contributed by atoms with Gasteiger partial charge in [0.15, 0.2) is 11.5 Å².